The lowest BCUT2D eigenvalue weighted by Gasteiger charge is -2.33. The molecule has 1 aromatic carbocycles. The first kappa shape index (κ1) is 19.7. The van der Waals surface area contributed by atoms with E-state index in [0.29, 0.717) is 32.3 Å². The van der Waals surface area contributed by atoms with Crippen LogP contribution in [0, 0.1) is 5.92 Å². The fourth-order valence-electron chi connectivity index (χ4n) is 2.84. The number of ether oxygens (including phenoxy) is 2. The first-order valence-electron chi connectivity index (χ1n) is 9.35. The van der Waals surface area contributed by atoms with Crippen molar-refractivity contribution in [2.75, 3.05) is 26.2 Å². The van der Waals surface area contributed by atoms with E-state index in [1.165, 1.54) is 6.42 Å². The fraction of sp³-hybridized carbons (Fsp3) is 0.650. The molecule has 0 radical (unpaired) electrons. The minimum atomic E-state index is -0.259. The summed E-state index contributed by atoms with van der Waals surface area (Å²) in [5.41, 5.74) is 1.00. The minimum absolute atomic E-state index is 0.0273. The molecule has 1 amide bonds. The summed E-state index contributed by atoms with van der Waals surface area (Å²) in [6, 6.07) is 10.2. The number of carbonyl (C=O) groups excluding carboxylic acids is 1. The molecule has 1 fully saturated rings. The second-order valence-electron chi connectivity index (χ2n) is 7.26. The van der Waals surface area contributed by atoms with Crippen molar-refractivity contribution in [3.63, 3.8) is 0 Å². The maximum absolute atomic E-state index is 12.3. The molecule has 0 saturated carbocycles. The van der Waals surface area contributed by atoms with Gasteiger partial charge < -0.3 is 19.7 Å². The predicted octanol–water partition coefficient (Wildman–Crippen LogP) is 3.44. The highest BCUT2D eigenvalue weighted by atomic mass is 16.6. The van der Waals surface area contributed by atoms with Gasteiger partial charge >= 0.3 is 6.09 Å². The van der Waals surface area contributed by atoms with Gasteiger partial charge in [-0.2, -0.15) is 0 Å². The lowest BCUT2D eigenvalue weighted by atomic mass is 10.0. The number of amides is 1. The number of nitrogens with one attached hydrogen (secondary N) is 1. The Morgan fingerprint density at radius 3 is 2.76 bits per heavy atom. The van der Waals surface area contributed by atoms with Crippen molar-refractivity contribution in [3.8, 4) is 0 Å². The second kappa shape index (κ2) is 10.4. The van der Waals surface area contributed by atoms with Gasteiger partial charge in [0.1, 0.15) is 6.61 Å². The Labute approximate surface area is 151 Å². The Kier molecular flexibility index (Phi) is 8.22. The van der Waals surface area contributed by atoms with Crippen molar-refractivity contribution < 1.29 is 14.3 Å². The van der Waals surface area contributed by atoms with Crippen molar-refractivity contribution in [1.82, 2.24) is 10.2 Å². The smallest absolute Gasteiger partial charge is 0.410 e. The fourth-order valence-corrected chi connectivity index (χ4v) is 2.84. The van der Waals surface area contributed by atoms with E-state index in [2.05, 4.69) is 26.1 Å². The predicted molar refractivity (Wildman–Crippen MR) is 99.5 cm³/mol. The van der Waals surface area contributed by atoms with Gasteiger partial charge in [-0.15, -0.1) is 0 Å². The molecule has 1 aromatic rings. The van der Waals surface area contributed by atoms with Crippen LogP contribution >= 0.6 is 0 Å². The molecule has 0 spiro atoms. The molecule has 1 saturated heterocycles. The maximum Gasteiger partial charge on any atom is 0.410 e. The van der Waals surface area contributed by atoms with Crippen LogP contribution < -0.4 is 5.32 Å². The number of hydrogen-bond acceptors (Lipinski definition) is 4. The molecule has 2 rings (SSSR count). The van der Waals surface area contributed by atoms with Gasteiger partial charge in [-0.1, -0.05) is 44.2 Å². The standard InChI is InChI=1S/C20H32N2O3/c1-16(2)9-10-17(3)21-13-19-14-22(11-12-24-19)20(23)25-15-18-7-5-4-6-8-18/h4-8,16-17,19,21H,9-15H2,1-3H3. The average Bonchev–Trinajstić information content (AvgIpc) is 2.63. The highest BCUT2D eigenvalue weighted by molar-refractivity contribution is 5.67. The van der Waals surface area contributed by atoms with Crippen LogP contribution in [0.25, 0.3) is 0 Å². The summed E-state index contributed by atoms with van der Waals surface area (Å²) in [5, 5.41) is 3.52. The highest BCUT2D eigenvalue weighted by Crippen LogP contribution is 2.10. The lowest BCUT2D eigenvalue weighted by Crippen LogP contribution is -2.50. The molecule has 2 unspecified atom stereocenters. The van der Waals surface area contributed by atoms with Crippen LogP contribution in [0.15, 0.2) is 30.3 Å². The number of carbonyl (C=O) groups is 1. The van der Waals surface area contributed by atoms with Crippen molar-refractivity contribution in [2.24, 2.45) is 5.92 Å². The minimum Gasteiger partial charge on any atom is -0.445 e. The van der Waals surface area contributed by atoms with E-state index in [-0.39, 0.29) is 12.2 Å². The summed E-state index contributed by atoms with van der Waals surface area (Å²) < 4.78 is 11.2. The summed E-state index contributed by atoms with van der Waals surface area (Å²) >= 11 is 0. The first-order chi connectivity index (χ1) is 12.0. The van der Waals surface area contributed by atoms with Gasteiger partial charge in [-0.25, -0.2) is 4.79 Å². The molecule has 2 atom stereocenters. The monoisotopic (exact) mass is 348 g/mol. The third-order valence-corrected chi connectivity index (χ3v) is 4.47. The molecule has 0 bridgehead atoms. The second-order valence-corrected chi connectivity index (χ2v) is 7.26. The van der Waals surface area contributed by atoms with Gasteiger partial charge in [0, 0.05) is 19.1 Å². The van der Waals surface area contributed by atoms with Crippen LogP contribution in [0.4, 0.5) is 4.79 Å². The molecule has 0 aromatic heterocycles. The quantitative estimate of drug-likeness (QED) is 0.782. The van der Waals surface area contributed by atoms with E-state index >= 15 is 0 Å². The van der Waals surface area contributed by atoms with Crippen molar-refractivity contribution in [3.05, 3.63) is 35.9 Å². The summed E-state index contributed by atoms with van der Waals surface area (Å²) in [7, 11) is 0. The Morgan fingerprint density at radius 1 is 1.28 bits per heavy atom. The number of benzene rings is 1. The highest BCUT2D eigenvalue weighted by Gasteiger charge is 2.25. The SMILES string of the molecule is CC(C)CCC(C)NCC1CN(C(=O)OCc2ccccc2)CCO1. The molecular weight excluding hydrogens is 316 g/mol. The van der Waals surface area contributed by atoms with Gasteiger partial charge in [0.25, 0.3) is 0 Å². The van der Waals surface area contributed by atoms with Crippen molar-refractivity contribution in [2.45, 2.75) is 52.4 Å². The zero-order valence-corrected chi connectivity index (χ0v) is 15.7. The zero-order valence-electron chi connectivity index (χ0n) is 15.7. The van der Waals surface area contributed by atoms with Crippen LogP contribution in [-0.4, -0.2) is 49.4 Å². The number of hydrogen-bond donors (Lipinski definition) is 1. The molecular formula is C20H32N2O3. The third kappa shape index (κ3) is 7.45. The van der Waals surface area contributed by atoms with E-state index in [4.69, 9.17) is 9.47 Å². The van der Waals surface area contributed by atoms with Crippen molar-refractivity contribution in [1.29, 1.82) is 0 Å². The molecule has 140 valence electrons. The molecule has 1 aliphatic rings. The average molecular weight is 348 g/mol. The first-order valence-corrected chi connectivity index (χ1v) is 9.35. The summed E-state index contributed by atoms with van der Waals surface area (Å²) in [4.78, 5) is 14.0. The van der Waals surface area contributed by atoms with Crippen LogP contribution in [0.3, 0.4) is 0 Å². The maximum atomic E-state index is 12.3. The number of morpholine rings is 1. The van der Waals surface area contributed by atoms with Crippen LogP contribution in [0.1, 0.15) is 39.2 Å². The Bertz CT molecular complexity index is 507. The molecule has 1 heterocycles. The number of rotatable bonds is 8. The van der Waals surface area contributed by atoms with E-state index < -0.39 is 0 Å². The Balaban J connectivity index is 1.69. The van der Waals surface area contributed by atoms with E-state index in [1.807, 2.05) is 30.3 Å². The lowest BCUT2D eigenvalue weighted by molar-refractivity contribution is -0.0279. The van der Waals surface area contributed by atoms with Gasteiger partial charge in [0.15, 0.2) is 0 Å². The molecule has 1 N–H and O–H groups in total. The van der Waals surface area contributed by atoms with Crippen LogP contribution in [0.5, 0.6) is 0 Å². The van der Waals surface area contributed by atoms with Gasteiger partial charge in [0.05, 0.1) is 19.3 Å². The van der Waals surface area contributed by atoms with E-state index in [9.17, 15) is 4.79 Å². The Morgan fingerprint density at radius 2 is 2.04 bits per heavy atom. The van der Waals surface area contributed by atoms with Gasteiger partial charge in [-0.05, 0) is 31.2 Å². The van der Waals surface area contributed by atoms with Gasteiger partial charge in [0.2, 0.25) is 0 Å². The molecule has 5 heteroatoms. The van der Waals surface area contributed by atoms with Crippen molar-refractivity contribution >= 4 is 6.09 Å². The summed E-state index contributed by atoms with van der Waals surface area (Å²) in [6.07, 6.45) is 2.15. The molecule has 0 aliphatic carbocycles. The normalized spacial score (nSPS) is 19.0. The Hall–Kier alpha value is -1.59. The third-order valence-electron chi connectivity index (χ3n) is 4.47. The topological polar surface area (TPSA) is 50.8 Å². The summed E-state index contributed by atoms with van der Waals surface area (Å²) in [5.74, 6) is 0.727. The van der Waals surface area contributed by atoms with Crippen LogP contribution in [0.2, 0.25) is 0 Å². The summed E-state index contributed by atoms with van der Waals surface area (Å²) in [6.45, 7) is 9.51. The molecule has 25 heavy (non-hydrogen) atoms. The largest absolute Gasteiger partial charge is 0.445 e. The van der Waals surface area contributed by atoms with Gasteiger partial charge in [-0.3, -0.25) is 0 Å². The van der Waals surface area contributed by atoms with E-state index in [1.54, 1.807) is 4.90 Å². The number of nitrogens with zero attached hydrogens (tertiary/aromatic N) is 1. The van der Waals surface area contributed by atoms with Crippen LogP contribution in [-0.2, 0) is 16.1 Å². The van der Waals surface area contributed by atoms with E-state index in [0.717, 1.165) is 24.4 Å². The molecule has 1 aliphatic heterocycles. The zero-order chi connectivity index (χ0) is 18.1. The molecule has 5 nitrogen and oxygen atoms in total.